The summed E-state index contributed by atoms with van der Waals surface area (Å²) >= 11 is -1.60. The number of rotatable bonds is 0. The summed E-state index contributed by atoms with van der Waals surface area (Å²) in [6.07, 6.45) is 0. The summed E-state index contributed by atoms with van der Waals surface area (Å²) in [6, 6.07) is 9.00. The first-order valence-electron chi connectivity index (χ1n) is 5.71. The number of nitrogens with two attached hydrogens (primary N) is 1. The topological polar surface area (TPSA) is 112 Å². The van der Waals surface area contributed by atoms with E-state index in [9.17, 15) is 9.81 Å². The van der Waals surface area contributed by atoms with Gasteiger partial charge in [0.15, 0.2) is 16.2 Å². The van der Waals surface area contributed by atoms with Crippen molar-refractivity contribution in [1.29, 1.82) is 5.26 Å². The van der Waals surface area contributed by atoms with Gasteiger partial charge in [-0.2, -0.15) is 10.2 Å². The van der Waals surface area contributed by atoms with Crippen molar-refractivity contribution in [3.8, 4) is 17.5 Å². The lowest BCUT2D eigenvalue weighted by Crippen LogP contribution is -2.11. The van der Waals surface area contributed by atoms with Crippen LogP contribution in [-0.4, -0.2) is 14.5 Å². The summed E-state index contributed by atoms with van der Waals surface area (Å²) in [6.45, 7) is 0. The Kier molecular flexibility index (Phi) is 2.86. The van der Waals surface area contributed by atoms with Crippen LogP contribution in [0.2, 0.25) is 0 Å². The monoisotopic (exact) mass is 298 g/mol. The molecular formula is C14H10N4O2S. The van der Waals surface area contributed by atoms with Crippen LogP contribution >= 0.6 is 0 Å². The second-order valence-electron chi connectivity index (χ2n) is 4.30. The van der Waals surface area contributed by atoms with Gasteiger partial charge in [0.2, 0.25) is 5.95 Å². The number of hydrogen-bond donors (Lipinski definition) is 1. The first kappa shape index (κ1) is 13.4. The van der Waals surface area contributed by atoms with Crippen LogP contribution in [0.4, 0.5) is 5.95 Å². The summed E-state index contributed by atoms with van der Waals surface area (Å²) in [7, 11) is 0. The lowest BCUT2D eigenvalue weighted by Gasteiger charge is -2.11. The Morgan fingerprint density at radius 1 is 1.29 bits per heavy atom. The molecule has 1 atom stereocenters. The average Bonchev–Trinajstić information content (AvgIpc) is 2.87. The highest BCUT2D eigenvalue weighted by Gasteiger charge is 2.30. The lowest BCUT2D eigenvalue weighted by molar-refractivity contribution is 0.591. The molecule has 0 aliphatic carbocycles. The third kappa shape index (κ3) is 1.77. The zero-order valence-corrected chi connectivity index (χ0v) is 10.8. The Morgan fingerprint density at radius 3 is 2.86 bits per heavy atom. The van der Waals surface area contributed by atoms with E-state index in [1.54, 1.807) is 18.2 Å². The Hall–Kier alpha value is -2.56. The van der Waals surface area contributed by atoms with Crippen molar-refractivity contribution in [2.45, 2.75) is 17.3 Å². The molecule has 0 radical (unpaired) electrons. The molecule has 1 unspecified atom stereocenters. The zero-order chi connectivity index (χ0) is 13.9. The van der Waals surface area contributed by atoms with Crippen LogP contribution in [0.15, 0.2) is 38.6 Å². The maximum Gasteiger partial charge on any atom is 0.274 e. The summed E-state index contributed by atoms with van der Waals surface area (Å²) in [4.78, 5) is 8.54. The van der Waals surface area contributed by atoms with Gasteiger partial charge in [-0.1, -0.05) is 7.43 Å². The van der Waals surface area contributed by atoms with Crippen LogP contribution in [0.3, 0.4) is 0 Å². The fourth-order valence-electron chi connectivity index (χ4n) is 2.23. The van der Waals surface area contributed by atoms with Gasteiger partial charge in [0, 0.05) is 22.6 Å². The van der Waals surface area contributed by atoms with Crippen molar-refractivity contribution in [2.24, 2.45) is 0 Å². The molecule has 104 valence electrons. The van der Waals surface area contributed by atoms with Crippen molar-refractivity contribution in [3.63, 3.8) is 0 Å². The van der Waals surface area contributed by atoms with E-state index < -0.39 is 11.2 Å². The highest BCUT2D eigenvalue weighted by molar-refractivity contribution is 7.91. The molecular weight excluding hydrogens is 288 g/mol. The third-order valence-electron chi connectivity index (χ3n) is 3.12. The summed E-state index contributed by atoms with van der Waals surface area (Å²) in [5.41, 5.74) is 6.66. The molecule has 2 aromatic heterocycles. The molecule has 0 saturated carbocycles. The Balaban J connectivity index is 0.00000132. The van der Waals surface area contributed by atoms with Gasteiger partial charge in [-0.25, -0.2) is 4.98 Å². The predicted molar refractivity (Wildman–Crippen MR) is 77.8 cm³/mol. The van der Waals surface area contributed by atoms with Gasteiger partial charge in [-0.15, -0.1) is 0 Å². The highest BCUT2D eigenvalue weighted by Crippen LogP contribution is 2.36. The zero-order valence-electron chi connectivity index (χ0n) is 9.95. The van der Waals surface area contributed by atoms with E-state index in [-0.39, 0.29) is 29.7 Å². The van der Waals surface area contributed by atoms with Crippen LogP contribution in [0, 0.1) is 11.3 Å². The molecule has 21 heavy (non-hydrogen) atoms. The summed E-state index contributed by atoms with van der Waals surface area (Å²) < 4.78 is 18.3. The fourth-order valence-corrected chi connectivity index (χ4v) is 3.36. The van der Waals surface area contributed by atoms with Crippen LogP contribution in [0.1, 0.15) is 13.0 Å². The van der Waals surface area contributed by atoms with E-state index in [0.29, 0.717) is 16.2 Å². The molecule has 0 amide bonds. The Morgan fingerprint density at radius 2 is 2.10 bits per heavy atom. The van der Waals surface area contributed by atoms with Crippen LogP contribution in [-0.2, 0) is 11.2 Å². The molecule has 3 aromatic rings. The van der Waals surface area contributed by atoms with E-state index in [0.717, 1.165) is 5.39 Å². The maximum absolute atomic E-state index is 12.6. The average molecular weight is 298 g/mol. The molecule has 1 aliphatic heterocycles. The van der Waals surface area contributed by atoms with Gasteiger partial charge in [0.05, 0.1) is 0 Å². The molecule has 5 bridgehead atoms. The number of hydrogen-bond acceptors (Lipinski definition) is 6. The summed E-state index contributed by atoms with van der Waals surface area (Å²) in [5, 5.41) is 10.3. The number of furan rings is 1. The van der Waals surface area contributed by atoms with Gasteiger partial charge in [0.1, 0.15) is 17.3 Å². The van der Waals surface area contributed by atoms with Gasteiger partial charge in [0.25, 0.3) is 5.03 Å². The summed E-state index contributed by atoms with van der Waals surface area (Å²) in [5.74, 6) is 0.385. The second-order valence-corrected chi connectivity index (χ2v) is 5.70. The molecule has 2 N–H and O–H groups in total. The van der Waals surface area contributed by atoms with Crippen molar-refractivity contribution >= 4 is 28.1 Å². The van der Waals surface area contributed by atoms with Crippen LogP contribution in [0.5, 0.6) is 0 Å². The molecule has 3 heterocycles. The number of nitrogens with zero attached hydrogens (tertiary/aromatic N) is 3. The van der Waals surface area contributed by atoms with Gasteiger partial charge in [-0.05, 0) is 18.2 Å². The first-order chi connectivity index (χ1) is 9.67. The largest absolute Gasteiger partial charge is 0.605 e. The van der Waals surface area contributed by atoms with E-state index in [1.165, 1.54) is 0 Å². The highest BCUT2D eigenvalue weighted by atomic mass is 32.2. The third-order valence-corrected chi connectivity index (χ3v) is 4.45. The molecule has 0 saturated heterocycles. The maximum atomic E-state index is 12.6. The van der Waals surface area contributed by atoms with Crippen molar-refractivity contribution in [2.75, 3.05) is 5.73 Å². The van der Waals surface area contributed by atoms with Crippen LogP contribution < -0.4 is 5.73 Å². The number of nitrogen functional groups attached to an aromatic ring is 1. The van der Waals surface area contributed by atoms with E-state index in [4.69, 9.17) is 10.2 Å². The normalized spacial score (nSPS) is 15.1. The predicted octanol–water partition coefficient (Wildman–Crippen LogP) is 2.46. The number of fused-ring (bicyclic) bond motifs is 5. The molecule has 6 nitrogen and oxygen atoms in total. The molecule has 7 heteroatoms. The minimum Gasteiger partial charge on any atom is -0.605 e. The molecule has 4 rings (SSSR count). The van der Waals surface area contributed by atoms with Gasteiger partial charge < -0.3 is 14.7 Å². The number of nitriles is 1. The molecule has 0 spiro atoms. The molecule has 1 aromatic carbocycles. The number of benzene rings is 1. The number of anilines is 1. The van der Waals surface area contributed by atoms with E-state index >= 15 is 0 Å². The van der Waals surface area contributed by atoms with E-state index in [1.807, 2.05) is 12.1 Å². The second kappa shape index (κ2) is 4.48. The van der Waals surface area contributed by atoms with Crippen LogP contribution in [0.25, 0.3) is 22.4 Å². The van der Waals surface area contributed by atoms with Gasteiger partial charge in [-0.3, -0.25) is 0 Å². The van der Waals surface area contributed by atoms with E-state index in [2.05, 4.69) is 9.97 Å². The standard InChI is InChI=1S/C13H6N4O2S.CH4/c14-5-8-11-10-3-6-1-2-7(4-9(6)19-10)20(18)12(8)17-13(15)16-11;/h1-4H,(H2,15,16,17);1H4. The fraction of sp³-hybridized carbons (Fsp3) is 0.0714. The van der Waals surface area contributed by atoms with Crippen molar-refractivity contribution in [3.05, 3.63) is 29.8 Å². The Labute approximate surface area is 123 Å². The van der Waals surface area contributed by atoms with Crippen molar-refractivity contribution < 1.29 is 8.97 Å². The van der Waals surface area contributed by atoms with Crippen molar-refractivity contribution in [1.82, 2.24) is 9.97 Å². The lowest BCUT2D eigenvalue weighted by atomic mass is 10.2. The van der Waals surface area contributed by atoms with Gasteiger partial charge >= 0.3 is 0 Å². The first-order valence-corrected chi connectivity index (χ1v) is 6.86. The number of aromatic nitrogens is 2. The Bertz CT molecular complexity index is 913. The quantitative estimate of drug-likeness (QED) is 0.504. The SMILES string of the molecule is C.N#Cc1c2nc(N)nc1[S+]([O-])c1ccc3cc-2oc3c1. The minimum atomic E-state index is -1.60. The minimum absolute atomic E-state index is 0. The molecule has 0 fully saturated rings. The smallest absolute Gasteiger partial charge is 0.274 e. The molecule has 1 aliphatic rings.